The molecule has 4 nitrogen and oxygen atoms in total. The van der Waals surface area contributed by atoms with Gasteiger partial charge in [0.05, 0.1) is 13.2 Å². The van der Waals surface area contributed by atoms with Gasteiger partial charge in [-0.1, -0.05) is 26.2 Å². The average Bonchev–Trinajstić information content (AvgIpc) is 2.30. The Morgan fingerprint density at radius 3 is 2.56 bits per heavy atom. The number of hydrogen-bond acceptors (Lipinski definition) is 2. The van der Waals surface area contributed by atoms with Crippen molar-refractivity contribution >= 4 is 29.9 Å². The fourth-order valence-electron chi connectivity index (χ4n) is 1.62. The van der Waals surface area contributed by atoms with Crippen LogP contribution in [0.3, 0.4) is 0 Å². The van der Waals surface area contributed by atoms with Crippen LogP contribution in [-0.4, -0.2) is 43.7 Å². The fourth-order valence-corrected chi connectivity index (χ4v) is 1.62. The Morgan fingerprint density at radius 1 is 1.25 bits per heavy atom. The van der Waals surface area contributed by atoms with Gasteiger partial charge < -0.3 is 15.4 Å². The molecule has 0 aromatic heterocycles. The highest BCUT2D eigenvalue weighted by molar-refractivity contribution is 14.0. The van der Waals surface area contributed by atoms with Crippen LogP contribution in [0.1, 0.15) is 32.6 Å². The van der Waals surface area contributed by atoms with Crippen molar-refractivity contribution in [3.63, 3.8) is 0 Å². The number of aliphatic imine (C=N–C) groups is 1. The van der Waals surface area contributed by atoms with Gasteiger partial charge in [-0.2, -0.15) is 0 Å². The minimum Gasteiger partial charge on any atom is -0.378 e. The van der Waals surface area contributed by atoms with Crippen molar-refractivity contribution in [2.45, 2.75) is 32.6 Å². The molecule has 2 N–H and O–H groups in total. The Balaban J connectivity index is 0.00000225. The highest BCUT2D eigenvalue weighted by Crippen LogP contribution is 2.00. The standard InChI is InChI=1S/C11H23N3O.HI/c1-2-3-4-5-6-13-11(12)14-7-9-15-10-8-14;/h2-10H2,1H3,(H2,12,13);1H. The molecule has 1 saturated heterocycles. The van der Waals surface area contributed by atoms with E-state index in [1.807, 2.05) is 0 Å². The summed E-state index contributed by atoms with van der Waals surface area (Å²) in [6.45, 7) is 6.38. The molecule has 16 heavy (non-hydrogen) atoms. The number of nitrogens with zero attached hydrogens (tertiary/aromatic N) is 2. The second-order valence-corrected chi connectivity index (χ2v) is 3.90. The van der Waals surface area contributed by atoms with Gasteiger partial charge in [0.2, 0.25) is 0 Å². The van der Waals surface area contributed by atoms with Crippen LogP contribution >= 0.6 is 24.0 Å². The third-order valence-electron chi connectivity index (χ3n) is 2.62. The SMILES string of the molecule is CCCCCCN=C(N)N1CCOCC1.I. The molecule has 1 aliphatic rings. The number of hydrogen-bond donors (Lipinski definition) is 1. The van der Waals surface area contributed by atoms with Gasteiger partial charge in [-0.05, 0) is 6.42 Å². The molecule has 0 amide bonds. The molecule has 0 bridgehead atoms. The van der Waals surface area contributed by atoms with Gasteiger partial charge in [0.25, 0.3) is 0 Å². The molecule has 0 aromatic carbocycles. The second-order valence-electron chi connectivity index (χ2n) is 3.90. The van der Waals surface area contributed by atoms with E-state index in [1.165, 1.54) is 19.3 Å². The van der Waals surface area contributed by atoms with Gasteiger partial charge in [0, 0.05) is 19.6 Å². The van der Waals surface area contributed by atoms with Crippen molar-refractivity contribution in [1.29, 1.82) is 0 Å². The van der Waals surface area contributed by atoms with Gasteiger partial charge in [0.1, 0.15) is 0 Å². The van der Waals surface area contributed by atoms with E-state index in [9.17, 15) is 0 Å². The first-order chi connectivity index (χ1) is 7.34. The quantitative estimate of drug-likeness (QED) is 0.359. The summed E-state index contributed by atoms with van der Waals surface area (Å²) in [5.41, 5.74) is 5.88. The van der Waals surface area contributed by atoms with Crippen LogP contribution in [0.4, 0.5) is 0 Å². The maximum absolute atomic E-state index is 5.88. The normalized spacial score (nSPS) is 17.1. The Morgan fingerprint density at radius 2 is 1.94 bits per heavy atom. The van der Waals surface area contributed by atoms with Gasteiger partial charge in [-0.3, -0.25) is 4.99 Å². The number of ether oxygens (including phenoxy) is 1. The minimum atomic E-state index is 0. The lowest BCUT2D eigenvalue weighted by Gasteiger charge is -2.27. The molecule has 5 heteroatoms. The topological polar surface area (TPSA) is 50.8 Å². The van der Waals surface area contributed by atoms with Crippen LogP contribution in [0.25, 0.3) is 0 Å². The van der Waals surface area contributed by atoms with E-state index in [2.05, 4.69) is 16.8 Å². The first kappa shape index (κ1) is 16.0. The summed E-state index contributed by atoms with van der Waals surface area (Å²) in [5.74, 6) is 0.690. The van der Waals surface area contributed by atoms with Gasteiger partial charge in [-0.15, -0.1) is 24.0 Å². The summed E-state index contributed by atoms with van der Waals surface area (Å²) >= 11 is 0. The summed E-state index contributed by atoms with van der Waals surface area (Å²) in [5, 5.41) is 0. The summed E-state index contributed by atoms with van der Waals surface area (Å²) in [6.07, 6.45) is 4.98. The first-order valence-corrected chi connectivity index (χ1v) is 5.97. The molecule has 0 saturated carbocycles. The van der Waals surface area contributed by atoms with E-state index in [1.54, 1.807) is 0 Å². The van der Waals surface area contributed by atoms with Crippen LogP contribution in [0, 0.1) is 0 Å². The Labute approximate surface area is 116 Å². The average molecular weight is 341 g/mol. The zero-order valence-corrected chi connectivity index (χ0v) is 12.5. The third-order valence-corrected chi connectivity index (χ3v) is 2.62. The molecule has 0 radical (unpaired) electrons. The number of morpholine rings is 1. The van der Waals surface area contributed by atoms with Crippen LogP contribution in [-0.2, 0) is 4.74 Å². The zero-order chi connectivity index (χ0) is 10.9. The molecule has 0 spiro atoms. The van der Waals surface area contributed by atoms with Crippen LogP contribution in [0.2, 0.25) is 0 Å². The van der Waals surface area contributed by atoms with Crippen molar-refractivity contribution < 1.29 is 4.74 Å². The summed E-state index contributed by atoms with van der Waals surface area (Å²) in [7, 11) is 0. The molecule has 1 fully saturated rings. The van der Waals surface area contributed by atoms with Gasteiger partial charge >= 0.3 is 0 Å². The fraction of sp³-hybridized carbons (Fsp3) is 0.909. The van der Waals surface area contributed by atoms with Crippen LogP contribution in [0.15, 0.2) is 4.99 Å². The number of unbranched alkanes of at least 4 members (excludes halogenated alkanes) is 3. The molecule has 1 rings (SSSR count). The number of guanidine groups is 1. The van der Waals surface area contributed by atoms with Crippen molar-refractivity contribution in [2.75, 3.05) is 32.8 Å². The molecule has 0 unspecified atom stereocenters. The van der Waals surface area contributed by atoms with E-state index in [0.717, 1.165) is 39.3 Å². The van der Waals surface area contributed by atoms with Crippen molar-refractivity contribution in [2.24, 2.45) is 10.7 Å². The summed E-state index contributed by atoms with van der Waals surface area (Å²) < 4.78 is 5.26. The predicted molar refractivity (Wildman–Crippen MR) is 78.4 cm³/mol. The molecule has 96 valence electrons. The Bertz CT molecular complexity index is 194. The summed E-state index contributed by atoms with van der Waals surface area (Å²) in [6, 6.07) is 0. The highest BCUT2D eigenvalue weighted by Gasteiger charge is 2.11. The molecule has 0 atom stereocenters. The first-order valence-electron chi connectivity index (χ1n) is 5.97. The molecule has 1 aliphatic heterocycles. The number of nitrogens with two attached hydrogens (primary N) is 1. The predicted octanol–water partition coefficient (Wildman–Crippen LogP) is 1.83. The van der Waals surface area contributed by atoms with E-state index >= 15 is 0 Å². The zero-order valence-electron chi connectivity index (χ0n) is 10.2. The minimum absolute atomic E-state index is 0. The van der Waals surface area contributed by atoms with Gasteiger partial charge in [0.15, 0.2) is 5.96 Å². The maximum Gasteiger partial charge on any atom is 0.191 e. The number of rotatable bonds is 5. The van der Waals surface area contributed by atoms with Crippen molar-refractivity contribution in [1.82, 2.24) is 4.90 Å². The monoisotopic (exact) mass is 341 g/mol. The van der Waals surface area contributed by atoms with Gasteiger partial charge in [-0.25, -0.2) is 0 Å². The van der Waals surface area contributed by atoms with E-state index < -0.39 is 0 Å². The number of halogens is 1. The van der Waals surface area contributed by atoms with Crippen LogP contribution in [0.5, 0.6) is 0 Å². The lowest BCUT2D eigenvalue weighted by atomic mass is 10.2. The lowest BCUT2D eigenvalue weighted by molar-refractivity contribution is 0.0674. The van der Waals surface area contributed by atoms with Crippen molar-refractivity contribution in [3.8, 4) is 0 Å². The molecular formula is C11H24IN3O. The molecule has 1 heterocycles. The van der Waals surface area contributed by atoms with Crippen molar-refractivity contribution in [3.05, 3.63) is 0 Å². The van der Waals surface area contributed by atoms with E-state index in [4.69, 9.17) is 10.5 Å². The summed E-state index contributed by atoms with van der Waals surface area (Å²) in [4.78, 5) is 6.48. The molecule has 0 aliphatic carbocycles. The maximum atomic E-state index is 5.88. The second kappa shape index (κ2) is 10.1. The largest absolute Gasteiger partial charge is 0.378 e. The highest BCUT2D eigenvalue weighted by atomic mass is 127. The molecule has 0 aromatic rings. The Kier molecular flexibility index (Phi) is 10.1. The smallest absolute Gasteiger partial charge is 0.191 e. The van der Waals surface area contributed by atoms with E-state index in [-0.39, 0.29) is 24.0 Å². The Hall–Kier alpha value is -0.0400. The van der Waals surface area contributed by atoms with E-state index in [0.29, 0.717) is 5.96 Å². The lowest BCUT2D eigenvalue weighted by Crippen LogP contribution is -2.44. The molecular weight excluding hydrogens is 317 g/mol. The third kappa shape index (κ3) is 6.52. The van der Waals surface area contributed by atoms with Crippen LogP contribution < -0.4 is 5.73 Å².